The Hall–Kier alpha value is -0.890. The Kier molecular flexibility index (Phi) is 4.94. The maximum atomic E-state index is 12.1. The standard InChI is InChI=1S/C8H12F3N3OS/c9-8(10,11)6-13-14-7(16-6)12-4-2-1-3-5-15/h15H,1-5H2,(H,12,14). The van der Waals surface area contributed by atoms with Gasteiger partial charge in [0.15, 0.2) is 0 Å². The van der Waals surface area contributed by atoms with Gasteiger partial charge >= 0.3 is 6.18 Å². The lowest BCUT2D eigenvalue weighted by molar-refractivity contribution is -0.138. The molecule has 16 heavy (non-hydrogen) atoms. The van der Waals surface area contributed by atoms with Crippen LogP contribution in [0.4, 0.5) is 18.3 Å². The van der Waals surface area contributed by atoms with E-state index in [0.29, 0.717) is 24.3 Å². The predicted molar refractivity (Wildman–Crippen MR) is 54.3 cm³/mol. The van der Waals surface area contributed by atoms with Crippen LogP contribution in [0.1, 0.15) is 24.3 Å². The van der Waals surface area contributed by atoms with Crippen LogP contribution in [0.3, 0.4) is 0 Å². The predicted octanol–water partition coefficient (Wildman–Crippen LogP) is 2.13. The number of aromatic nitrogens is 2. The Labute approximate surface area is 94.5 Å². The maximum absolute atomic E-state index is 12.1. The molecule has 0 aliphatic rings. The number of halogens is 3. The van der Waals surface area contributed by atoms with Crippen LogP contribution < -0.4 is 5.32 Å². The normalized spacial score (nSPS) is 11.8. The van der Waals surface area contributed by atoms with E-state index in [0.717, 1.165) is 12.8 Å². The van der Waals surface area contributed by atoms with E-state index >= 15 is 0 Å². The van der Waals surface area contributed by atoms with Gasteiger partial charge in [0.1, 0.15) is 0 Å². The van der Waals surface area contributed by atoms with Crippen LogP contribution in [0.5, 0.6) is 0 Å². The minimum atomic E-state index is -4.42. The third-order valence-electron chi connectivity index (χ3n) is 1.78. The fraction of sp³-hybridized carbons (Fsp3) is 0.750. The van der Waals surface area contributed by atoms with Gasteiger partial charge in [0.05, 0.1) is 0 Å². The maximum Gasteiger partial charge on any atom is 0.445 e. The molecule has 0 aliphatic heterocycles. The second-order valence-electron chi connectivity index (χ2n) is 3.12. The van der Waals surface area contributed by atoms with Gasteiger partial charge in [-0.2, -0.15) is 13.2 Å². The third-order valence-corrected chi connectivity index (χ3v) is 2.70. The molecule has 0 fully saturated rings. The number of nitrogens with one attached hydrogen (secondary N) is 1. The summed E-state index contributed by atoms with van der Waals surface area (Å²) in [5.41, 5.74) is 0. The lowest BCUT2D eigenvalue weighted by Crippen LogP contribution is -2.03. The van der Waals surface area contributed by atoms with E-state index < -0.39 is 11.2 Å². The molecular formula is C8H12F3N3OS. The topological polar surface area (TPSA) is 58.0 Å². The number of alkyl halides is 3. The highest BCUT2D eigenvalue weighted by molar-refractivity contribution is 7.15. The van der Waals surface area contributed by atoms with Crippen molar-refractivity contribution in [3.05, 3.63) is 5.01 Å². The molecule has 0 amide bonds. The number of rotatable bonds is 6. The molecule has 1 heterocycles. The van der Waals surface area contributed by atoms with Crippen LogP contribution >= 0.6 is 11.3 Å². The van der Waals surface area contributed by atoms with Crippen molar-refractivity contribution in [3.63, 3.8) is 0 Å². The summed E-state index contributed by atoms with van der Waals surface area (Å²) in [5, 5.41) is 16.9. The van der Waals surface area contributed by atoms with Gasteiger partial charge in [-0.3, -0.25) is 0 Å². The van der Waals surface area contributed by atoms with Crippen molar-refractivity contribution in [2.24, 2.45) is 0 Å². The molecule has 4 nitrogen and oxygen atoms in total. The van der Waals surface area contributed by atoms with E-state index in [1.807, 2.05) is 0 Å². The zero-order valence-corrected chi connectivity index (χ0v) is 9.24. The van der Waals surface area contributed by atoms with Gasteiger partial charge in [-0.25, -0.2) is 0 Å². The smallest absolute Gasteiger partial charge is 0.396 e. The van der Waals surface area contributed by atoms with E-state index in [9.17, 15) is 13.2 Å². The quantitative estimate of drug-likeness (QED) is 0.764. The summed E-state index contributed by atoms with van der Waals surface area (Å²) in [6, 6.07) is 0. The van der Waals surface area contributed by atoms with Crippen LogP contribution in [-0.2, 0) is 6.18 Å². The number of aliphatic hydroxyl groups is 1. The molecule has 1 aromatic heterocycles. The molecule has 0 aliphatic carbocycles. The van der Waals surface area contributed by atoms with Crippen LogP contribution in [-0.4, -0.2) is 28.5 Å². The number of hydrogen-bond acceptors (Lipinski definition) is 5. The minimum absolute atomic E-state index is 0.136. The number of hydrogen-bond donors (Lipinski definition) is 2. The summed E-state index contributed by atoms with van der Waals surface area (Å²) in [7, 11) is 0. The molecule has 0 atom stereocenters. The highest BCUT2D eigenvalue weighted by Crippen LogP contribution is 2.32. The largest absolute Gasteiger partial charge is 0.445 e. The first-order chi connectivity index (χ1) is 7.54. The lowest BCUT2D eigenvalue weighted by atomic mass is 10.2. The Morgan fingerprint density at radius 3 is 2.50 bits per heavy atom. The van der Waals surface area contributed by atoms with Crippen LogP contribution in [0.2, 0.25) is 0 Å². The summed E-state index contributed by atoms with van der Waals surface area (Å²) < 4.78 is 36.4. The third kappa shape index (κ3) is 4.31. The highest BCUT2D eigenvalue weighted by Gasteiger charge is 2.35. The molecular weight excluding hydrogens is 243 g/mol. The Balaban J connectivity index is 2.30. The molecule has 0 saturated carbocycles. The molecule has 0 aromatic carbocycles. The molecule has 0 bridgehead atoms. The van der Waals surface area contributed by atoms with Crippen molar-refractivity contribution in [3.8, 4) is 0 Å². The second-order valence-corrected chi connectivity index (χ2v) is 4.10. The second kappa shape index (κ2) is 6.00. The van der Waals surface area contributed by atoms with Crippen molar-refractivity contribution in [1.82, 2.24) is 10.2 Å². The summed E-state index contributed by atoms with van der Waals surface area (Å²) in [6.07, 6.45) is -2.12. The van der Waals surface area contributed by atoms with Crippen molar-refractivity contribution >= 4 is 16.5 Å². The molecule has 0 saturated heterocycles. The molecule has 92 valence electrons. The van der Waals surface area contributed by atoms with E-state index in [-0.39, 0.29) is 11.7 Å². The monoisotopic (exact) mass is 255 g/mol. The van der Waals surface area contributed by atoms with Crippen molar-refractivity contribution < 1.29 is 18.3 Å². The summed E-state index contributed by atoms with van der Waals surface area (Å²) in [4.78, 5) is 0. The Morgan fingerprint density at radius 2 is 1.94 bits per heavy atom. The number of nitrogens with zero attached hydrogens (tertiary/aromatic N) is 2. The van der Waals surface area contributed by atoms with Crippen LogP contribution in [0, 0.1) is 0 Å². The van der Waals surface area contributed by atoms with Gasteiger partial charge in [0, 0.05) is 13.2 Å². The Morgan fingerprint density at radius 1 is 1.19 bits per heavy atom. The van der Waals surface area contributed by atoms with E-state index in [1.165, 1.54) is 0 Å². The first-order valence-corrected chi connectivity index (χ1v) is 5.61. The average molecular weight is 255 g/mol. The van der Waals surface area contributed by atoms with Gasteiger partial charge in [0.25, 0.3) is 0 Å². The summed E-state index contributed by atoms with van der Waals surface area (Å²) in [5.74, 6) is 0. The SMILES string of the molecule is OCCCCCNc1nnc(C(F)(F)F)s1. The first kappa shape index (κ1) is 13.2. The van der Waals surface area contributed by atoms with Gasteiger partial charge < -0.3 is 10.4 Å². The average Bonchev–Trinajstić information content (AvgIpc) is 2.65. The molecule has 0 unspecified atom stereocenters. The lowest BCUT2D eigenvalue weighted by Gasteiger charge is -2.00. The first-order valence-electron chi connectivity index (χ1n) is 4.79. The fourth-order valence-corrected chi connectivity index (χ4v) is 1.65. The Bertz CT molecular complexity index is 316. The molecule has 0 radical (unpaired) electrons. The van der Waals surface area contributed by atoms with Crippen LogP contribution in [0.25, 0.3) is 0 Å². The van der Waals surface area contributed by atoms with Gasteiger partial charge in [-0.15, -0.1) is 10.2 Å². The van der Waals surface area contributed by atoms with Crippen molar-refractivity contribution in [2.45, 2.75) is 25.4 Å². The van der Waals surface area contributed by atoms with E-state index in [1.54, 1.807) is 0 Å². The van der Waals surface area contributed by atoms with Crippen molar-refractivity contribution in [1.29, 1.82) is 0 Å². The number of aliphatic hydroxyl groups excluding tert-OH is 1. The molecule has 8 heteroatoms. The van der Waals surface area contributed by atoms with Gasteiger partial charge in [-0.1, -0.05) is 11.3 Å². The number of unbranched alkanes of at least 4 members (excludes halogenated alkanes) is 2. The summed E-state index contributed by atoms with van der Waals surface area (Å²) >= 11 is 0.496. The van der Waals surface area contributed by atoms with E-state index in [4.69, 9.17) is 5.11 Å². The molecule has 1 aromatic rings. The number of anilines is 1. The van der Waals surface area contributed by atoms with Crippen LogP contribution in [0.15, 0.2) is 0 Å². The fourth-order valence-electron chi connectivity index (χ4n) is 1.02. The van der Waals surface area contributed by atoms with Gasteiger partial charge in [-0.05, 0) is 19.3 Å². The van der Waals surface area contributed by atoms with Crippen molar-refractivity contribution in [2.75, 3.05) is 18.5 Å². The minimum Gasteiger partial charge on any atom is -0.396 e. The molecule has 0 spiro atoms. The zero-order valence-electron chi connectivity index (χ0n) is 8.42. The van der Waals surface area contributed by atoms with E-state index in [2.05, 4.69) is 15.5 Å². The molecule has 2 N–H and O–H groups in total. The van der Waals surface area contributed by atoms with Gasteiger partial charge in [0.2, 0.25) is 10.1 Å². The zero-order chi connectivity index (χ0) is 12.0. The summed E-state index contributed by atoms with van der Waals surface area (Å²) in [6.45, 7) is 0.670. The highest BCUT2D eigenvalue weighted by atomic mass is 32.1. The molecule has 1 rings (SSSR count).